The van der Waals surface area contributed by atoms with Crippen LogP contribution in [0.15, 0.2) is 42.6 Å². The zero-order valence-corrected chi connectivity index (χ0v) is 13.8. The number of amides is 1. The lowest BCUT2D eigenvalue weighted by Crippen LogP contribution is -2.09. The van der Waals surface area contributed by atoms with Gasteiger partial charge >= 0.3 is 0 Å². The zero-order valence-electron chi connectivity index (χ0n) is 13.1. The molecule has 120 valence electrons. The Morgan fingerprint density at radius 3 is 2.70 bits per heavy atom. The lowest BCUT2D eigenvalue weighted by atomic mass is 10.1. The summed E-state index contributed by atoms with van der Waals surface area (Å²) in [6, 6.07) is 8.80. The van der Waals surface area contributed by atoms with E-state index >= 15 is 0 Å². The topological polar surface area (TPSA) is 60.5 Å². The number of nitrogens with one attached hydrogen (secondary N) is 1. The van der Waals surface area contributed by atoms with E-state index in [9.17, 15) is 4.79 Å². The van der Waals surface area contributed by atoms with E-state index in [1.54, 1.807) is 38.6 Å². The number of hydrogen-bond donors (Lipinski definition) is 1. The van der Waals surface area contributed by atoms with Gasteiger partial charge in [-0.05, 0) is 36.8 Å². The van der Waals surface area contributed by atoms with Crippen molar-refractivity contribution in [2.75, 3.05) is 19.5 Å². The van der Waals surface area contributed by atoms with Crippen molar-refractivity contribution in [3.05, 3.63) is 53.3 Å². The normalized spacial score (nSPS) is 11.0. The molecule has 0 saturated heterocycles. The molecule has 23 heavy (non-hydrogen) atoms. The molecule has 0 fully saturated rings. The first kappa shape index (κ1) is 16.8. The number of benzene rings is 1. The molecule has 0 aliphatic rings. The molecular formula is C17H17ClN2O3. The number of anilines is 1. The van der Waals surface area contributed by atoms with E-state index in [1.165, 1.54) is 6.08 Å². The number of hydrogen-bond acceptors (Lipinski definition) is 4. The maximum absolute atomic E-state index is 12.1. The van der Waals surface area contributed by atoms with Crippen LogP contribution in [0.1, 0.15) is 12.5 Å². The Hall–Kier alpha value is -2.53. The molecule has 0 spiro atoms. The summed E-state index contributed by atoms with van der Waals surface area (Å²) >= 11 is 5.92. The molecule has 0 bridgehead atoms. The standard InChI is InChI=1S/C17H17ClN2O3/c1-11(13-7-6-12(22-2)10-15(13)23-3)9-16(21)20-14-5-4-8-19-17(14)18/h4-10H,1-3H3,(H,20,21)/b11-9+. The predicted molar refractivity (Wildman–Crippen MR) is 91.1 cm³/mol. The summed E-state index contributed by atoms with van der Waals surface area (Å²) in [5.41, 5.74) is 2.02. The first-order chi connectivity index (χ1) is 11.0. The number of rotatable bonds is 5. The lowest BCUT2D eigenvalue weighted by molar-refractivity contribution is -0.111. The number of carbonyl (C=O) groups excluding carboxylic acids is 1. The Balaban J connectivity index is 2.22. The molecule has 0 unspecified atom stereocenters. The first-order valence-corrected chi connectivity index (χ1v) is 7.25. The van der Waals surface area contributed by atoms with Gasteiger partial charge in [-0.3, -0.25) is 4.79 Å². The average Bonchev–Trinajstić information content (AvgIpc) is 2.56. The van der Waals surface area contributed by atoms with Crippen molar-refractivity contribution in [2.45, 2.75) is 6.92 Å². The van der Waals surface area contributed by atoms with Gasteiger partial charge in [-0.2, -0.15) is 0 Å². The maximum atomic E-state index is 12.1. The first-order valence-electron chi connectivity index (χ1n) is 6.87. The van der Waals surface area contributed by atoms with Gasteiger partial charge in [0.05, 0.1) is 19.9 Å². The molecule has 1 N–H and O–H groups in total. The Labute approximate surface area is 139 Å². The SMILES string of the molecule is COc1ccc(/C(C)=C/C(=O)Nc2cccnc2Cl)c(OC)c1. The summed E-state index contributed by atoms with van der Waals surface area (Å²) < 4.78 is 10.5. The third kappa shape index (κ3) is 4.23. The Morgan fingerprint density at radius 2 is 2.04 bits per heavy atom. The largest absolute Gasteiger partial charge is 0.497 e. The van der Waals surface area contributed by atoms with Gasteiger partial charge in [0.1, 0.15) is 11.5 Å². The van der Waals surface area contributed by atoms with Gasteiger partial charge in [0, 0.05) is 23.9 Å². The highest BCUT2D eigenvalue weighted by Gasteiger charge is 2.09. The van der Waals surface area contributed by atoms with Crippen LogP contribution in [-0.2, 0) is 4.79 Å². The minimum Gasteiger partial charge on any atom is -0.497 e. The van der Waals surface area contributed by atoms with Crippen molar-refractivity contribution in [3.63, 3.8) is 0 Å². The fraction of sp³-hybridized carbons (Fsp3) is 0.176. The highest BCUT2D eigenvalue weighted by atomic mass is 35.5. The number of halogens is 1. The van der Waals surface area contributed by atoms with Crippen molar-refractivity contribution in [1.29, 1.82) is 0 Å². The van der Waals surface area contributed by atoms with Gasteiger partial charge in [0.15, 0.2) is 5.15 Å². The molecule has 1 heterocycles. The number of carbonyl (C=O) groups is 1. The maximum Gasteiger partial charge on any atom is 0.248 e. The predicted octanol–water partition coefficient (Wildman–Crippen LogP) is 3.79. The summed E-state index contributed by atoms with van der Waals surface area (Å²) in [7, 11) is 3.16. The quantitative estimate of drug-likeness (QED) is 0.668. The molecule has 0 atom stereocenters. The van der Waals surface area contributed by atoms with Crippen LogP contribution < -0.4 is 14.8 Å². The van der Waals surface area contributed by atoms with Crippen LogP contribution in [0.25, 0.3) is 5.57 Å². The van der Waals surface area contributed by atoms with Gasteiger partial charge in [-0.1, -0.05) is 11.6 Å². The van der Waals surface area contributed by atoms with Crippen molar-refractivity contribution >= 4 is 28.8 Å². The number of aromatic nitrogens is 1. The van der Waals surface area contributed by atoms with Crippen LogP contribution >= 0.6 is 11.6 Å². The van der Waals surface area contributed by atoms with Crippen LogP contribution in [0.4, 0.5) is 5.69 Å². The van der Waals surface area contributed by atoms with E-state index in [-0.39, 0.29) is 11.1 Å². The monoisotopic (exact) mass is 332 g/mol. The zero-order chi connectivity index (χ0) is 16.8. The second-order valence-electron chi connectivity index (χ2n) is 4.72. The molecule has 6 heteroatoms. The highest BCUT2D eigenvalue weighted by Crippen LogP contribution is 2.30. The fourth-order valence-electron chi connectivity index (χ4n) is 2.05. The van der Waals surface area contributed by atoms with Crippen LogP contribution in [0.2, 0.25) is 5.15 Å². The minimum atomic E-state index is -0.296. The highest BCUT2D eigenvalue weighted by molar-refractivity contribution is 6.32. The molecule has 0 radical (unpaired) electrons. The van der Waals surface area contributed by atoms with Crippen LogP contribution in [0.5, 0.6) is 11.5 Å². The Kier molecular flexibility index (Phi) is 5.60. The van der Waals surface area contributed by atoms with E-state index in [4.69, 9.17) is 21.1 Å². The fourth-order valence-corrected chi connectivity index (χ4v) is 2.21. The number of allylic oxidation sites excluding steroid dienone is 1. The molecular weight excluding hydrogens is 316 g/mol. The number of methoxy groups -OCH3 is 2. The molecule has 2 aromatic rings. The number of ether oxygens (including phenoxy) is 2. The smallest absolute Gasteiger partial charge is 0.248 e. The minimum absolute atomic E-state index is 0.244. The van der Waals surface area contributed by atoms with Gasteiger partial charge in [-0.15, -0.1) is 0 Å². The van der Waals surface area contributed by atoms with Crippen molar-refractivity contribution in [3.8, 4) is 11.5 Å². The summed E-state index contributed by atoms with van der Waals surface area (Å²) in [6.07, 6.45) is 3.04. The lowest BCUT2D eigenvalue weighted by Gasteiger charge is -2.11. The third-order valence-electron chi connectivity index (χ3n) is 3.20. The van der Waals surface area contributed by atoms with Crippen LogP contribution in [-0.4, -0.2) is 25.1 Å². The Morgan fingerprint density at radius 1 is 1.26 bits per heavy atom. The van der Waals surface area contributed by atoms with Crippen LogP contribution in [0.3, 0.4) is 0 Å². The van der Waals surface area contributed by atoms with Gasteiger partial charge in [0.25, 0.3) is 0 Å². The average molecular weight is 333 g/mol. The Bertz CT molecular complexity index is 744. The van der Waals surface area contributed by atoms with Gasteiger partial charge in [-0.25, -0.2) is 4.98 Å². The molecule has 0 aliphatic carbocycles. The molecule has 1 aromatic heterocycles. The molecule has 0 saturated carbocycles. The third-order valence-corrected chi connectivity index (χ3v) is 3.50. The molecule has 5 nitrogen and oxygen atoms in total. The van der Waals surface area contributed by atoms with E-state index in [1.807, 2.05) is 19.1 Å². The van der Waals surface area contributed by atoms with Gasteiger partial charge in [0.2, 0.25) is 5.91 Å². The summed E-state index contributed by atoms with van der Waals surface area (Å²) in [5, 5.41) is 2.94. The van der Waals surface area contributed by atoms with Gasteiger partial charge < -0.3 is 14.8 Å². The van der Waals surface area contributed by atoms with E-state index in [2.05, 4.69) is 10.3 Å². The van der Waals surface area contributed by atoms with E-state index in [0.29, 0.717) is 17.2 Å². The van der Waals surface area contributed by atoms with E-state index in [0.717, 1.165) is 11.1 Å². The number of nitrogens with zero attached hydrogens (tertiary/aromatic N) is 1. The van der Waals surface area contributed by atoms with Crippen molar-refractivity contribution < 1.29 is 14.3 Å². The molecule has 0 aliphatic heterocycles. The van der Waals surface area contributed by atoms with E-state index < -0.39 is 0 Å². The second-order valence-corrected chi connectivity index (χ2v) is 5.08. The summed E-state index contributed by atoms with van der Waals surface area (Å²) in [5.74, 6) is 1.02. The van der Waals surface area contributed by atoms with Crippen molar-refractivity contribution in [1.82, 2.24) is 4.98 Å². The van der Waals surface area contributed by atoms with Crippen molar-refractivity contribution in [2.24, 2.45) is 0 Å². The second kappa shape index (κ2) is 7.65. The summed E-state index contributed by atoms with van der Waals surface area (Å²) in [6.45, 7) is 1.83. The molecule has 2 rings (SSSR count). The molecule has 1 aromatic carbocycles. The summed E-state index contributed by atoms with van der Waals surface area (Å²) in [4.78, 5) is 16.0. The number of pyridine rings is 1. The molecule has 1 amide bonds. The van der Waals surface area contributed by atoms with Crippen LogP contribution in [0, 0.1) is 0 Å².